The molecule has 1 aromatic rings. The maximum atomic E-state index is 12.5. The summed E-state index contributed by atoms with van der Waals surface area (Å²) < 4.78 is 63.5. The average molecular weight is 304 g/mol. The number of rotatable bonds is 2. The minimum Gasteiger partial charge on any atom is -0.464 e. The quantitative estimate of drug-likeness (QED) is 0.615. The van der Waals surface area contributed by atoms with Gasteiger partial charge in [0.25, 0.3) is 9.05 Å². The minimum atomic E-state index is -4.85. The smallest absolute Gasteiger partial charge is 0.416 e. The van der Waals surface area contributed by atoms with Crippen molar-refractivity contribution in [3.8, 4) is 0 Å². The Kier molecular flexibility index (Phi) is 3.86. The first-order chi connectivity index (χ1) is 8.05. The van der Waals surface area contributed by atoms with Crippen LogP contribution in [0.25, 0.3) is 0 Å². The van der Waals surface area contributed by atoms with E-state index in [0.717, 1.165) is 7.11 Å². The van der Waals surface area contributed by atoms with Crippen molar-refractivity contribution in [1.82, 2.24) is 4.98 Å². The van der Waals surface area contributed by atoms with Crippen molar-refractivity contribution in [1.29, 1.82) is 0 Å². The maximum Gasteiger partial charge on any atom is 0.416 e. The predicted molar refractivity (Wildman–Crippen MR) is 53.6 cm³/mol. The number of ether oxygens (including phenoxy) is 1. The Bertz CT molecular complexity index is 584. The first-order valence-corrected chi connectivity index (χ1v) is 6.49. The molecule has 1 aromatic heterocycles. The Morgan fingerprint density at radius 2 is 1.94 bits per heavy atom. The molecule has 1 rings (SSSR count). The third kappa shape index (κ3) is 3.33. The van der Waals surface area contributed by atoms with E-state index in [1.54, 1.807) is 0 Å². The van der Waals surface area contributed by atoms with Crippen LogP contribution in [0.2, 0.25) is 0 Å². The first kappa shape index (κ1) is 14.7. The monoisotopic (exact) mass is 303 g/mol. The van der Waals surface area contributed by atoms with Crippen LogP contribution in [0, 0.1) is 0 Å². The number of carbonyl (C=O) groups is 1. The molecule has 0 fully saturated rings. The van der Waals surface area contributed by atoms with E-state index in [4.69, 9.17) is 10.7 Å². The van der Waals surface area contributed by atoms with Crippen molar-refractivity contribution in [2.24, 2.45) is 0 Å². The molecule has 5 nitrogen and oxygen atoms in total. The number of halogens is 4. The number of hydrogen-bond acceptors (Lipinski definition) is 5. The largest absolute Gasteiger partial charge is 0.464 e. The second-order valence-corrected chi connectivity index (χ2v) is 5.52. The van der Waals surface area contributed by atoms with Crippen LogP contribution in [0.1, 0.15) is 16.1 Å². The summed E-state index contributed by atoms with van der Waals surface area (Å²) in [6, 6.07) is 0.603. The van der Waals surface area contributed by atoms with E-state index >= 15 is 0 Å². The SMILES string of the molecule is COC(=O)c1cc(C(F)(F)F)cc(S(=O)(=O)Cl)n1. The lowest BCUT2D eigenvalue weighted by Gasteiger charge is -2.09. The summed E-state index contributed by atoms with van der Waals surface area (Å²) in [5, 5.41) is -1.07. The summed E-state index contributed by atoms with van der Waals surface area (Å²) in [6.07, 6.45) is -4.85. The number of carbonyl (C=O) groups excluding carboxylic acids is 1. The van der Waals surface area contributed by atoms with Crippen molar-refractivity contribution < 1.29 is 31.1 Å². The zero-order valence-electron chi connectivity index (χ0n) is 8.66. The summed E-state index contributed by atoms with van der Waals surface area (Å²) in [4.78, 5) is 14.3. The van der Waals surface area contributed by atoms with Gasteiger partial charge >= 0.3 is 12.1 Å². The molecule has 0 saturated heterocycles. The van der Waals surface area contributed by atoms with Crippen LogP contribution in [0.4, 0.5) is 13.2 Å². The minimum absolute atomic E-state index is 0.231. The van der Waals surface area contributed by atoms with Crippen molar-refractivity contribution in [2.45, 2.75) is 11.2 Å². The summed E-state index contributed by atoms with van der Waals surface area (Å²) >= 11 is 0. The van der Waals surface area contributed by atoms with Gasteiger partial charge in [-0.15, -0.1) is 0 Å². The van der Waals surface area contributed by atoms with Crippen molar-refractivity contribution in [2.75, 3.05) is 7.11 Å². The van der Waals surface area contributed by atoms with Gasteiger partial charge in [-0.25, -0.2) is 18.2 Å². The number of methoxy groups -OCH3 is 1. The Hall–Kier alpha value is -1.35. The van der Waals surface area contributed by atoms with Crippen LogP contribution >= 0.6 is 10.7 Å². The molecule has 0 N–H and O–H groups in total. The van der Waals surface area contributed by atoms with Crippen LogP contribution in [0.3, 0.4) is 0 Å². The normalized spacial score (nSPS) is 12.3. The van der Waals surface area contributed by atoms with E-state index in [1.807, 2.05) is 0 Å². The molecule has 1 heterocycles. The molecule has 0 aliphatic rings. The van der Waals surface area contributed by atoms with Gasteiger partial charge in [-0.05, 0) is 12.1 Å². The topological polar surface area (TPSA) is 73.3 Å². The highest BCUT2D eigenvalue weighted by molar-refractivity contribution is 8.13. The summed E-state index contributed by atoms with van der Waals surface area (Å²) in [7, 11) is 1.31. The van der Waals surface area contributed by atoms with Gasteiger partial charge in [0.05, 0.1) is 12.7 Å². The highest BCUT2D eigenvalue weighted by atomic mass is 35.7. The molecule has 0 radical (unpaired) electrons. The Balaban J connectivity index is 3.54. The maximum absolute atomic E-state index is 12.5. The first-order valence-electron chi connectivity index (χ1n) is 4.18. The van der Waals surface area contributed by atoms with Gasteiger partial charge in [0.15, 0.2) is 10.7 Å². The number of nitrogens with zero attached hydrogens (tertiary/aromatic N) is 1. The van der Waals surface area contributed by atoms with E-state index in [0.29, 0.717) is 6.07 Å². The lowest BCUT2D eigenvalue weighted by molar-refractivity contribution is -0.137. The lowest BCUT2D eigenvalue weighted by Crippen LogP contribution is -2.13. The molecular weight excluding hydrogens is 299 g/mol. The van der Waals surface area contributed by atoms with Gasteiger partial charge in [-0.2, -0.15) is 13.2 Å². The third-order valence-electron chi connectivity index (χ3n) is 1.77. The van der Waals surface area contributed by atoms with Crippen LogP contribution in [-0.2, 0) is 20.0 Å². The fourth-order valence-corrected chi connectivity index (χ4v) is 1.72. The van der Waals surface area contributed by atoms with Crippen molar-refractivity contribution >= 4 is 25.7 Å². The van der Waals surface area contributed by atoms with Gasteiger partial charge in [0.2, 0.25) is 0 Å². The lowest BCUT2D eigenvalue weighted by atomic mass is 10.2. The Labute approximate surface area is 104 Å². The van der Waals surface area contributed by atoms with E-state index < -0.39 is 37.5 Å². The highest BCUT2D eigenvalue weighted by Crippen LogP contribution is 2.31. The molecular formula is C8H5ClF3NO4S. The molecule has 0 aliphatic heterocycles. The van der Waals surface area contributed by atoms with Gasteiger partial charge in [0, 0.05) is 10.7 Å². The van der Waals surface area contributed by atoms with Crippen molar-refractivity contribution in [3.05, 3.63) is 23.4 Å². The molecule has 0 amide bonds. The van der Waals surface area contributed by atoms with Gasteiger partial charge in [-0.3, -0.25) is 0 Å². The number of esters is 1. The second-order valence-electron chi connectivity index (χ2n) is 3.01. The standard InChI is InChI=1S/C8H5ClF3NO4S/c1-17-7(14)5-2-4(8(10,11)12)3-6(13-5)18(9,15)16/h2-3H,1H3. The number of alkyl halides is 3. The van der Waals surface area contributed by atoms with Crippen LogP contribution in [-0.4, -0.2) is 26.5 Å². The highest BCUT2D eigenvalue weighted by Gasteiger charge is 2.34. The van der Waals surface area contributed by atoms with Gasteiger partial charge in [-0.1, -0.05) is 0 Å². The van der Waals surface area contributed by atoms with Gasteiger partial charge in [0.1, 0.15) is 0 Å². The second kappa shape index (κ2) is 4.73. The number of hydrogen-bond donors (Lipinski definition) is 0. The Morgan fingerprint density at radius 1 is 1.39 bits per heavy atom. The fraction of sp³-hybridized carbons (Fsp3) is 0.250. The molecule has 0 unspecified atom stereocenters. The van der Waals surface area contributed by atoms with E-state index in [2.05, 4.69) is 9.72 Å². The summed E-state index contributed by atoms with van der Waals surface area (Å²) in [6.45, 7) is 0. The zero-order chi connectivity index (χ0) is 14.1. The molecule has 100 valence electrons. The average Bonchev–Trinajstić information content (AvgIpc) is 2.25. The fourth-order valence-electron chi connectivity index (χ4n) is 1.00. The zero-order valence-corrected chi connectivity index (χ0v) is 10.2. The molecule has 0 atom stereocenters. The van der Waals surface area contributed by atoms with E-state index in [9.17, 15) is 26.4 Å². The molecule has 0 aliphatic carbocycles. The molecule has 0 bridgehead atoms. The predicted octanol–water partition coefficient (Wildman–Crippen LogP) is 1.81. The molecule has 18 heavy (non-hydrogen) atoms. The third-order valence-corrected chi connectivity index (χ3v) is 2.96. The molecule has 0 spiro atoms. The Morgan fingerprint density at radius 3 is 2.33 bits per heavy atom. The van der Waals surface area contributed by atoms with Gasteiger partial charge < -0.3 is 4.74 Å². The molecule has 10 heteroatoms. The van der Waals surface area contributed by atoms with E-state index in [1.165, 1.54) is 0 Å². The van der Waals surface area contributed by atoms with Crippen molar-refractivity contribution in [3.63, 3.8) is 0 Å². The van der Waals surface area contributed by atoms with Crippen LogP contribution in [0.15, 0.2) is 17.2 Å². The van der Waals surface area contributed by atoms with Crippen LogP contribution in [0.5, 0.6) is 0 Å². The van der Waals surface area contributed by atoms with Crippen LogP contribution < -0.4 is 0 Å². The number of pyridine rings is 1. The number of aromatic nitrogens is 1. The molecule has 0 saturated carbocycles. The van der Waals surface area contributed by atoms with E-state index in [-0.39, 0.29) is 6.07 Å². The molecule has 0 aromatic carbocycles. The summed E-state index contributed by atoms with van der Waals surface area (Å²) in [5.74, 6) is -1.21. The summed E-state index contributed by atoms with van der Waals surface area (Å²) in [5.41, 5.74) is -2.16.